The van der Waals surface area contributed by atoms with Crippen LogP contribution in [0, 0.1) is 35.5 Å². The van der Waals surface area contributed by atoms with Crippen molar-refractivity contribution >= 4 is 56.0 Å². The minimum absolute atomic E-state index is 0. The molecule has 0 N–H and O–H groups in total. The monoisotopic (exact) mass is 730 g/mol. The van der Waals surface area contributed by atoms with Gasteiger partial charge in [-0.3, -0.25) is 4.79 Å². The summed E-state index contributed by atoms with van der Waals surface area (Å²) >= 11 is 6.11. The van der Waals surface area contributed by atoms with Gasteiger partial charge in [0, 0.05) is 11.8 Å². The Balaban J connectivity index is -0.000000223. The zero-order chi connectivity index (χ0) is 32.5. The zero-order valence-corrected chi connectivity index (χ0v) is 34.6. The molecule has 43 heavy (non-hydrogen) atoms. The molecule has 0 saturated carbocycles. The zero-order valence-electron chi connectivity index (χ0n) is 28.5. The molecule has 0 amide bonds. The number of carbonyl (C=O) groups is 1. The average Bonchev–Trinajstić information content (AvgIpc) is 3.55. The smallest absolute Gasteiger partial charge is 0.780 e. The summed E-state index contributed by atoms with van der Waals surface area (Å²) in [5.41, 5.74) is -0.0833. The van der Waals surface area contributed by atoms with Crippen LogP contribution in [-0.2, 0) is 56.2 Å². The summed E-state index contributed by atoms with van der Waals surface area (Å²) < 4.78 is 0. The molecule has 0 saturated heterocycles. The maximum Gasteiger partial charge on any atom is 2.00 e. The second-order valence-electron chi connectivity index (χ2n) is 13.7. The summed E-state index contributed by atoms with van der Waals surface area (Å²) in [4.78, 5) is 12.4. The molecule has 238 valence electrons. The molecule has 0 bridgehead atoms. The van der Waals surface area contributed by atoms with Gasteiger partial charge in [0.15, 0.2) is 5.12 Å². The molecule has 3 aromatic rings. The van der Waals surface area contributed by atoms with E-state index in [-0.39, 0.29) is 54.7 Å². The van der Waals surface area contributed by atoms with Crippen molar-refractivity contribution in [2.75, 3.05) is 0 Å². The van der Waals surface area contributed by atoms with Gasteiger partial charge in [-0.15, -0.1) is 0 Å². The van der Waals surface area contributed by atoms with Crippen LogP contribution in [0.5, 0.6) is 0 Å². The van der Waals surface area contributed by atoms with Crippen molar-refractivity contribution in [3.63, 3.8) is 0 Å². The van der Waals surface area contributed by atoms with E-state index in [2.05, 4.69) is 99.7 Å². The molecular weight excluding hydrogens is 680 g/mol. The molecule has 1 nitrogen and oxygen atoms in total. The Bertz CT molecular complexity index is 1110. The van der Waals surface area contributed by atoms with Crippen molar-refractivity contribution in [2.45, 2.75) is 97.5 Å². The third kappa shape index (κ3) is 30.7. The minimum Gasteiger partial charge on any atom is -0.780 e. The maximum absolute atomic E-state index is 10.6. The van der Waals surface area contributed by atoms with Crippen LogP contribution in [0.2, 0.25) is 39.3 Å². The summed E-state index contributed by atoms with van der Waals surface area (Å²) in [6, 6.07) is 24.7. The first-order chi connectivity index (χ1) is 18.5. The predicted octanol–water partition coefficient (Wildman–Crippen LogP) is 9.37. The van der Waals surface area contributed by atoms with Crippen molar-refractivity contribution in [2.24, 2.45) is 10.8 Å². The third-order valence-corrected chi connectivity index (χ3v) is 10.1. The Morgan fingerprint density at radius 1 is 0.744 bits per heavy atom. The number of rotatable bonds is 3. The van der Waals surface area contributed by atoms with E-state index >= 15 is 0 Å². The molecule has 0 aliphatic heterocycles. The summed E-state index contributed by atoms with van der Waals surface area (Å²) in [5.74, 6) is 4.71. The van der Waals surface area contributed by atoms with Gasteiger partial charge in [-0.1, -0.05) is 105 Å². The summed E-state index contributed by atoms with van der Waals surface area (Å²) in [6.45, 7) is 27.4. The van der Waals surface area contributed by atoms with E-state index in [0.717, 1.165) is 9.79 Å². The van der Waals surface area contributed by atoms with E-state index in [0.29, 0.717) is 0 Å². The molecule has 0 spiro atoms. The van der Waals surface area contributed by atoms with Crippen molar-refractivity contribution in [1.29, 1.82) is 0 Å². The van der Waals surface area contributed by atoms with Gasteiger partial charge in [-0.25, -0.2) is 24.3 Å². The fraction of sp³-hybridized carbons (Fsp3) is 0.417. The van der Waals surface area contributed by atoms with Crippen LogP contribution in [0.1, 0.15) is 48.5 Å². The third-order valence-electron chi connectivity index (χ3n) is 4.89. The number of carbonyl (C=O) groups excluding carboxylic acids is 1. The first-order valence-corrected chi connectivity index (χ1v) is 22.0. The molecule has 3 aromatic carbocycles. The number of hydrogen-bond acceptors (Lipinski definition) is 3. The van der Waals surface area contributed by atoms with Crippen LogP contribution in [-0.4, -0.2) is 21.3 Å². The maximum atomic E-state index is 10.6. The van der Waals surface area contributed by atoms with Gasteiger partial charge in [0.1, 0.15) is 0 Å². The SMILES string of the molecule is CC(=O)Sc1ccc([S-])cc1.C[Si](C)(C)c1ccc[cH-]1.C[Si](C)(C)c1ccc[cH-]1.[C-]#CC(C)(C)C.[C-]#CC(C)(C)C.[Cu+].[Ti+2]. The Morgan fingerprint density at radius 3 is 1.21 bits per heavy atom. The summed E-state index contributed by atoms with van der Waals surface area (Å²) in [6.07, 6.45) is 13.2. The molecule has 7 heteroatoms. The molecule has 0 heterocycles. The van der Waals surface area contributed by atoms with E-state index in [1.54, 1.807) is 17.3 Å². The minimum atomic E-state index is -0.981. The molecular formula is C36H51CuOS2Si2Ti-2. The van der Waals surface area contributed by atoms with Crippen LogP contribution >= 0.6 is 11.8 Å². The first kappa shape index (κ1) is 48.8. The van der Waals surface area contributed by atoms with Crippen molar-refractivity contribution in [3.05, 3.63) is 85.6 Å². The van der Waals surface area contributed by atoms with Crippen LogP contribution in [0.3, 0.4) is 0 Å². The molecule has 0 unspecified atom stereocenters. The Hall–Kier alpha value is -1.05. The average molecular weight is 732 g/mol. The van der Waals surface area contributed by atoms with E-state index in [1.807, 2.05) is 65.8 Å². The molecule has 0 fully saturated rings. The van der Waals surface area contributed by atoms with E-state index in [4.69, 9.17) is 25.5 Å². The Labute approximate surface area is 303 Å². The molecule has 0 aliphatic rings. The van der Waals surface area contributed by atoms with E-state index < -0.39 is 16.1 Å². The second-order valence-corrected chi connectivity index (χ2v) is 25.5. The van der Waals surface area contributed by atoms with E-state index in [1.165, 1.54) is 11.8 Å². The number of benzene rings is 1. The van der Waals surface area contributed by atoms with E-state index in [9.17, 15) is 4.79 Å². The largest absolute Gasteiger partial charge is 2.00 e. The second kappa shape index (κ2) is 23.3. The number of hydrogen-bond donors (Lipinski definition) is 0. The molecule has 0 radical (unpaired) electrons. The normalized spacial score (nSPS) is 10.3. The molecule has 0 aliphatic carbocycles. The van der Waals surface area contributed by atoms with Crippen LogP contribution in [0.15, 0.2) is 82.6 Å². The van der Waals surface area contributed by atoms with Crippen LogP contribution in [0.25, 0.3) is 0 Å². The summed E-state index contributed by atoms with van der Waals surface area (Å²) in [7, 11) is -1.96. The van der Waals surface area contributed by atoms with Crippen LogP contribution in [0.4, 0.5) is 0 Å². The Morgan fingerprint density at radius 2 is 1.05 bits per heavy atom. The molecule has 0 aromatic heterocycles. The van der Waals surface area contributed by atoms with Gasteiger partial charge >= 0.3 is 38.8 Å². The molecule has 3 rings (SSSR count). The summed E-state index contributed by atoms with van der Waals surface area (Å²) in [5, 5.41) is 3.21. The number of thioether (sulfide) groups is 1. The molecule has 0 atom stereocenters. The van der Waals surface area contributed by atoms with Gasteiger partial charge in [0.2, 0.25) is 0 Å². The Kier molecular flexibility index (Phi) is 26.5. The predicted molar refractivity (Wildman–Crippen MR) is 192 cm³/mol. The standard InChI is InChI=1S/C8H8OS2.2C8H13Si.2C6H9.Cu.Ti/c1-6(9)11-8-4-2-7(10)3-5-8;2*1-9(2,3)8-6-4-5-7-8;2*1-5-6(2,3)4;;/h2-5,10H,1H3;2*4-7H,1-3H3;2*2-4H3;;/q;4*-1;+1;+2/p-1. The fourth-order valence-electron chi connectivity index (χ4n) is 2.42. The van der Waals surface area contributed by atoms with Crippen molar-refractivity contribution in [3.8, 4) is 11.8 Å². The van der Waals surface area contributed by atoms with Gasteiger partial charge in [0.25, 0.3) is 0 Å². The van der Waals surface area contributed by atoms with Crippen LogP contribution < -0.4 is 10.4 Å². The van der Waals surface area contributed by atoms with Gasteiger partial charge in [-0.2, -0.15) is 39.5 Å². The van der Waals surface area contributed by atoms with Gasteiger partial charge in [0.05, 0.1) is 16.1 Å². The van der Waals surface area contributed by atoms with Gasteiger partial charge in [-0.05, 0) is 23.0 Å². The van der Waals surface area contributed by atoms with Crippen molar-refractivity contribution in [1.82, 2.24) is 0 Å². The van der Waals surface area contributed by atoms with Crippen molar-refractivity contribution < 1.29 is 43.6 Å². The quantitative estimate of drug-likeness (QED) is 0.0880. The first-order valence-electron chi connectivity index (χ1n) is 13.8. The fourth-order valence-corrected chi connectivity index (χ4v) is 5.55. The van der Waals surface area contributed by atoms with Gasteiger partial charge < -0.3 is 37.3 Å². The topological polar surface area (TPSA) is 17.1 Å².